The zero-order valence-corrected chi connectivity index (χ0v) is 13.2. The molecule has 2 rings (SSSR count). The average molecular weight is 297 g/mol. The Bertz CT molecular complexity index is 425. The van der Waals surface area contributed by atoms with Crippen LogP contribution in [0.1, 0.15) is 32.3 Å². The lowest BCUT2D eigenvalue weighted by molar-refractivity contribution is 0.0821. The molecule has 1 aromatic rings. The molecule has 1 fully saturated rings. The van der Waals surface area contributed by atoms with Gasteiger partial charge in [0.15, 0.2) is 0 Å². The van der Waals surface area contributed by atoms with Crippen molar-refractivity contribution in [1.29, 1.82) is 0 Å². The second kappa shape index (κ2) is 7.87. The van der Waals surface area contributed by atoms with Gasteiger partial charge in [-0.25, -0.2) is 0 Å². The van der Waals surface area contributed by atoms with Gasteiger partial charge in [0, 0.05) is 37.0 Å². The highest BCUT2D eigenvalue weighted by Gasteiger charge is 2.16. The van der Waals surface area contributed by atoms with E-state index in [4.69, 9.17) is 16.3 Å². The van der Waals surface area contributed by atoms with E-state index in [1.165, 1.54) is 11.3 Å². The molecule has 0 spiro atoms. The van der Waals surface area contributed by atoms with Crippen LogP contribution in [0, 0.1) is 0 Å². The Morgan fingerprint density at radius 1 is 1.45 bits per heavy atom. The number of halogens is 1. The van der Waals surface area contributed by atoms with Crippen molar-refractivity contribution in [2.75, 3.05) is 31.1 Å². The number of nitrogens with zero attached hydrogens (tertiary/aromatic N) is 1. The Morgan fingerprint density at radius 3 is 3.05 bits per heavy atom. The van der Waals surface area contributed by atoms with Crippen molar-refractivity contribution in [3.8, 4) is 0 Å². The fourth-order valence-electron chi connectivity index (χ4n) is 2.50. The van der Waals surface area contributed by atoms with Crippen molar-refractivity contribution in [1.82, 2.24) is 5.32 Å². The first kappa shape index (κ1) is 15.6. The fraction of sp³-hybridized carbons (Fsp3) is 0.625. The summed E-state index contributed by atoms with van der Waals surface area (Å²) in [5.41, 5.74) is 2.37. The van der Waals surface area contributed by atoms with Gasteiger partial charge in [-0.2, -0.15) is 0 Å². The normalized spacial score (nSPS) is 19.9. The van der Waals surface area contributed by atoms with Crippen LogP contribution in [-0.4, -0.2) is 32.3 Å². The zero-order chi connectivity index (χ0) is 14.4. The summed E-state index contributed by atoms with van der Waals surface area (Å²) in [7, 11) is 0. The lowest BCUT2D eigenvalue weighted by atomic mass is 10.1. The average Bonchev–Trinajstić information content (AvgIpc) is 2.65. The number of benzene rings is 1. The number of anilines is 1. The lowest BCUT2D eigenvalue weighted by Crippen LogP contribution is -2.30. The molecule has 0 radical (unpaired) electrons. The van der Waals surface area contributed by atoms with Gasteiger partial charge >= 0.3 is 0 Å². The van der Waals surface area contributed by atoms with Gasteiger partial charge in [0.1, 0.15) is 0 Å². The molecule has 0 bridgehead atoms. The summed E-state index contributed by atoms with van der Waals surface area (Å²) in [6, 6.07) is 6.40. The SMILES string of the molecule is CCCNCc1ccc(N2CCCOC(C)C2)cc1Cl. The van der Waals surface area contributed by atoms with Crippen molar-refractivity contribution < 1.29 is 4.74 Å². The Morgan fingerprint density at radius 2 is 2.30 bits per heavy atom. The van der Waals surface area contributed by atoms with Gasteiger partial charge in [0.2, 0.25) is 0 Å². The molecule has 20 heavy (non-hydrogen) atoms. The van der Waals surface area contributed by atoms with Crippen molar-refractivity contribution in [3.63, 3.8) is 0 Å². The van der Waals surface area contributed by atoms with E-state index in [-0.39, 0.29) is 6.10 Å². The van der Waals surface area contributed by atoms with Gasteiger partial charge in [0.25, 0.3) is 0 Å². The van der Waals surface area contributed by atoms with Gasteiger partial charge in [-0.05, 0) is 44.0 Å². The summed E-state index contributed by atoms with van der Waals surface area (Å²) in [6.07, 6.45) is 2.49. The fourth-order valence-corrected chi connectivity index (χ4v) is 2.75. The number of rotatable bonds is 5. The second-order valence-electron chi connectivity index (χ2n) is 5.43. The first-order chi connectivity index (χ1) is 9.70. The molecule has 0 aliphatic carbocycles. The molecule has 1 aliphatic heterocycles. The van der Waals surface area contributed by atoms with Crippen LogP contribution in [0.2, 0.25) is 5.02 Å². The van der Waals surface area contributed by atoms with Crippen LogP contribution in [0.25, 0.3) is 0 Å². The van der Waals surface area contributed by atoms with Crippen LogP contribution in [0.5, 0.6) is 0 Å². The summed E-state index contributed by atoms with van der Waals surface area (Å²) in [4.78, 5) is 2.37. The molecular formula is C16H25ClN2O. The zero-order valence-electron chi connectivity index (χ0n) is 12.5. The minimum absolute atomic E-state index is 0.280. The molecule has 4 heteroatoms. The van der Waals surface area contributed by atoms with E-state index >= 15 is 0 Å². The summed E-state index contributed by atoms with van der Waals surface area (Å²) in [6.45, 7) is 8.98. The van der Waals surface area contributed by atoms with Gasteiger partial charge in [0.05, 0.1) is 6.10 Å². The van der Waals surface area contributed by atoms with E-state index in [2.05, 4.69) is 42.3 Å². The van der Waals surface area contributed by atoms with Crippen LogP contribution in [0.15, 0.2) is 18.2 Å². The van der Waals surface area contributed by atoms with Crippen molar-refractivity contribution in [2.45, 2.75) is 39.3 Å². The Labute approximate surface area is 127 Å². The van der Waals surface area contributed by atoms with E-state index in [1.807, 2.05) is 0 Å². The predicted molar refractivity (Wildman–Crippen MR) is 85.7 cm³/mol. The number of ether oxygens (including phenoxy) is 1. The minimum atomic E-state index is 0.280. The summed E-state index contributed by atoms with van der Waals surface area (Å²) in [5, 5.41) is 4.24. The van der Waals surface area contributed by atoms with Crippen LogP contribution in [0.3, 0.4) is 0 Å². The monoisotopic (exact) mass is 296 g/mol. The lowest BCUT2D eigenvalue weighted by Gasteiger charge is -2.25. The number of hydrogen-bond donors (Lipinski definition) is 1. The molecule has 112 valence electrons. The largest absolute Gasteiger partial charge is 0.377 e. The molecule has 0 amide bonds. The molecule has 1 unspecified atom stereocenters. The summed E-state index contributed by atoms with van der Waals surface area (Å²) < 4.78 is 5.69. The van der Waals surface area contributed by atoms with Crippen molar-refractivity contribution >= 4 is 17.3 Å². The van der Waals surface area contributed by atoms with Crippen LogP contribution >= 0.6 is 11.6 Å². The molecule has 1 N–H and O–H groups in total. The minimum Gasteiger partial charge on any atom is -0.377 e. The topological polar surface area (TPSA) is 24.5 Å². The molecule has 1 aliphatic rings. The van der Waals surface area contributed by atoms with Gasteiger partial charge in [-0.15, -0.1) is 0 Å². The Kier molecular flexibility index (Phi) is 6.14. The smallest absolute Gasteiger partial charge is 0.0721 e. The standard InChI is InChI=1S/C16H25ClN2O/c1-3-7-18-11-14-5-6-15(10-16(14)17)19-8-4-9-20-13(2)12-19/h5-6,10,13,18H,3-4,7-9,11-12H2,1-2H3. The Balaban J connectivity index is 2.03. The quantitative estimate of drug-likeness (QED) is 0.842. The highest BCUT2D eigenvalue weighted by molar-refractivity contribution is 6.31. The van der Waals surface area contributed by atoms with E-state index in [1.54, 1.807) is 0 Å². The van der Waals surface area contributed by atoms with Crippen molar-refractivity contribution in [3.05, 3.63) is 28.8 Å². The third kappa shape index (κ3) is 4.37. The molecule has 3 nitrogen and oxygen atoms in total. The molecule has 0 aromatic heterocycles. The maximum absolute atomic E-state index is 6.41. The first-order valence-electron chi connectivity index (χ1n) is 7.56. The van der Waals surface area contributed by atoms with E-state index in [0.717, 1.165) is 50.7 Å². The first-order valence-corrected chi connectivity index (χ1v) is 7.94. The van der Waals surface area contributed by atoms with E-state index in [0.29, 0.717) is 0 Å². The van der Waals surface area contributed by atoms with Gasteiger partial charge in [-0.3, -0.25) is 0 Å². The maximum Gasteiger partial charge on any atom is 0.0721 e. The van der Waals surface area contributed by atoms with Crippen LogP contribution in [-0.2, 0) is 11.3 Å². The molecule has 1 aromatic carbocycles. The number of hydrogen-bond acceptors (Lipinski definition) is 3. The molecule has 1 saturated heterocycles. The van der Waals surface area contributed by atoms with E-state index < -0.39 is 0 Å². The summed E-state index contributed by atoms with van der Waals surface area (Å²) in [5.74, 6) is 0. The third-order valence-electron chi connectivity index (χ3n) is 3.60. The second-order valence-corrected chi connectivity index (χ2v) is 5.84. The highest BCUT2D eigenvalue weighted by Crippen LogP contribution is 2.25. The summed E-state index contributed by atoms with van der Waals surface area (Å²) >= 11 is 6.41. The molecule has 1 heterocycles. The maximum atomic E-state index is 6.41. The number of nitrogens with one attached hydrogen (secondary N) is 1. The highest BCUT2D eigenvalue weighted by atomic mass is 35.5. The molecule has 0 saturated carbocycles. The van der Waals surface area contributed by atoms with Crippen LogP contribution < -0.4 is 10.2 Å². The predicted octanol–water partition coefficient (Wildman–Crippen LogP) is 3.45. The molecule has 1 atom stereocenters. The van der Waals surface area contributed by atoms with Gasteiger partial charge < -0.3 is 15.0 Å². The van der Waals surface area contributed by atoms with Crippen molar-refractivity contribution in [2.24, 2.45) is 0 Å². The molecular weight excluding hydrogens is 272 g/mol. The Hall–Kier alpha value is -0.770. The van der Waals surface area contributed by atoms with Gasteiger partial charge in [-0.1, -0.05) is 24.6 Å². The third-order valence-corrected chi connectivity index (χ3v) is 3.95. The van der Waals surface area contributed by atoms with E-state index in [9.17, 15) is 0 Å². The van der Waals surface area contributed by atoms with Crippen LogP contribution in [0.4, 0.5) is 5.69 Å².